The maximum Gasteiger partial charge on any atom is 0.247 e. The predicted octanol–water partition coefficient (Wildman–Crippen LogP) is 16.9. The normalized spacial score (nSPS) is 34.9. The van der Waals surface area contributed by atoms with Gasteiger partial charge in [0.05, 0.1) is 0 Å². The molecule has 81 heavy (non-hydrogen) atoms. The Bertz CT molecular complexity index is 2260. The molecule has 16 unspecified atom stereocenters. The van der Waals surface area contributed by atoms with Gasteiger partial charge >= 0.3 is 0 Å². The van der Waals surface area contributed by atoms with Crippen LogP contribution >= 0.6 is 0 Å². The molecule has 2 aromatic carbocycles. The van der Waals surface area contributed by atoms with Crippen molar-refractivity contribution in [3.63, 3.8) is 0 Å². The molecule has 6 fully saturated rings. The maximum absolute atomic E-state index is 9.37. The van der Waals surface area contributed by atoms with Crippen molar-refractivity contribution in [2.24, 2.45) is 92.7 Å². The van der Waals surface area contributed by atoms with Crippen LogP contribution < -0.4 is 0 Å². The Morgan fingerprint density at radius 1 is 0.494 bits per heavy atom. The van der Waals surface area contributed by atoms with E-state index in [1.807, 2.05) is 36.4 Å². The van der Waals surface area contributed by atoms with Crippen molar-refractivity contribution >= 4 is 23.1 Å². The summed E-state index contributed by atoms with van der Waals surface area (Å²) in [4.78, 5) is 36.5. The van der Waals surface area contributed by atoms with Crippen LogP contribution in [0.2, 0.25) is 0 Å². The van der Waals surface area contributed by atoms with Crippen molar-refractivity contribution < 1.29 is 51.1 Å². The van der Waals surface area contributed by atoms with Crippen LogP contribution in [-0.2, 0) is 21.7 Å². The third-order valence-electron chi connectivity index (χ3n) is 23.4. The quantitative estimate of drug-likeness (QED) is 0.0396. The molecule has 7 heteroatoms. The second kappa shape index (κ2) is 29.4. The smallest absolute Gasteiger partial charge is 0.247 e. The molecule has 0 bridgehead atoms. The van der Waals surface area contributed by atoms with E-state index in [9.17, 15) is 9.59 Å². The van der Waals surface area contributed by atoms with Crippen LogP contribution in [0.15, 0.2) is 84.0 Å². The van der Waals surface area contributed by atoms with E-state index in [1.54, 1.807) is 35.4 Å². The minimum absolute atomic E-state index is 0. The molecule has 8 N–H and O–H groups in total. The Labute approximate surface area is 508 Å². The summed E-state index contributed by atoms with van der Waals surface area (Å²) in [6.45, 7) is 28.3. The van der Waals surface area contributed by atoms with E-state index < -0.39 is 0 Å². The minimum atomic E-state index is 0. The maximum atomic E-state index is 9.37. The average Bonchev–Trinajstić information content (AvgIpc) is 4.21. The Morgan fingerprint density at radius 2 is 0.852 bits per heavy atom. The van der Waals surface area contributed by atoms with Crippen molar-refractivity contribution in [3.8, 4) is 0 Å². The summed E-state index contributed by atoms with van der Waals surface area (Å²) >= 11 is 0. The Morgan fingerprint density at radius 3 is 1.19 bits per heavy atom. The molecule has 10 rings (SSSR count). The van der Waals surface area contributed by atoms with Gasteiger partial charge in [-0.2, -0.15) is 0 Å². The number of rotatable bonds is 16. The van der Waals surface area contributed by atoms with Gasteiger partial charge in [-0.15, -0.1) is 24.3 Å². The van der Waals surface area contributed by atoms with Gasteiger partial charge < -0.3 is 19.8 Å². The molecule has 0 aromatic heterocycles. The zero-order chi connectivity index (χ0) is 58.2. The van der Waals surface area contributed by atoms with Crippen LogP contribution in [0.25, 0.3) is 0 Å². The largest absolute Gasteiger partial charge is 0.443 e. The van der Waals surface area contributed by atoms with E-state index in [4.69, 9.17) is 19.8 Å². The topological polar surface area (TPSA) is 131 Å². The van der Waals surface area contributed by atoms with Crippen LogP contribution in [0.3, 0.4) is 0 Å². The van der Waals surface area contributed by atoms with Crippen LogP contribution in [0, 0.1) is 106 Å². The number of fused-ring (bicyclic) bond motifs is 10. The van der Waals surface area contributed by atoms with Gasteiger partial charge in [0.25, 0.3) is 0 Å². The first-order chi connectivity index (χ1) is 37.9. The molecular weight excluding hydrogens is 1030 g/mol. The van der Waals surface area contributed by atoms with E-state index in [1.165, 1.54) is 142 Å². The second-order valence-electron chi connectivity index (χ2n) is 29.5. The fourth-order valence-corrected chi connectivity index (χ4v) is 19.2. The molecule has 8 aliphatic carbocycles. The number of ketones is 4. The van der Waals surface area contributed by atoms with E-state index in [0.29, 0.717) is 32.8 Å². The van der Waals surface area contributed by atoms with Gasteiger partial charge in [0.2, 0.25) is 23.1 Å². The number of carbonyl (C=O) groups excluding carboxylic acids is 4. The Kier molecular flexibility index (Phi) is 24.3. The fourth-order valence-electron chi connectivity index (χ4n) is 19.2. The van der Waals surface area contributed by atoms with Gasteiger partial charge in [0.1, 0.15) is 0 Å². The van der Waals surface area contributed by atoms with Gasteiger partial charge in [-0.05, 0) is 183 Å². The molecule has 0 saturated heterocycles. The molecule has 0 aliphatic heterocycles. The Balaban J connectivity index is 0.000000186. The first kappa shape index (κ1) is 67.1. The zero-order valence-electron chi connectivity index (χ0n) is 53.0. The first-order valence-electron chi connectivity index (χ1n) is 32.7. The van der Waals surface area contributed by atoms with Gasteiger partial charge in [0, 0.05) is 61.2 Å². The van der Waals surface area contributed by atoms with Gasteiger partial charge in [-0.25, -0.2) is 0 Å². The van der Waals surface area contributed by atoms with Gasteiger partial charge in [0.15, 0.2) is 12.2 Å². The van der Waals surface area contributed by atoms with Crippen LogP contribution in [0.5, 0.6) is 0 Å². The standard InChI is InChI=1S/2C27H46O.2C10H9O2.Ti/c2*1-18(2)7-6-8-19(3)23-11-12-24-22-10-9-20-17-21(28)13-15-26(20,4)25(22)14-16-27(23,24)5;2*1-8(11)7-10(12)9-5-3-2-4-6-9;/h2*9,18-19,21-25,28H,6-8,10-17H2,1-5H3;2*2-7H,1H3;/q;;2*-1;/p+6. The van der Waals surface area contributed by atoms with Crippen molar-refractivity contribution in [1.82, 2.24) is 0 Å². The summed E-state index contributed by atoms with van der Waals surface area (Å²) in [5.41, 5.74) is 6.84. The monoisotopic (exact) mass is 1150 g/mol. The summed E-state index contributed by atoms with van der Waals surface area (Å²) in [6.07, 6.45) is 38.3. The molecule has 0 radical (unpaired) electrons. The summed E-state index contributed by atoms with van der Waals surface area (Å²) in [7, 11) is 0. The van der Waals surface area contributed by atoms with E-state index >= 15 is 0 Å². The SMILES string of the molecule is CC(=[OH+])[CH-]C(=[OH+])c1ccccc1.CC(=[OH+])[CH-]C(=[OH+])c1ccccc1.CC(C)CCCC(C)C1CCC2C3CC=C4CC([OH2+])CCC4(C)C3CCC12C.CC(C)CCCC(C)C1CCC2C3CC=C4CC([OH2+])CCC4(C)C3CCC12C.[Ti]. The predicted molar refractivity (Wildman–Crippen MR) is 340 cm³/mol. The summed E-state index contributed by atoms with van der Waals surface area (Å²) in [6, 6.07) is 18.1. The first-order valence-corrected chi connectivity index (χ1v) is 32.7. The second-order valence-corrected chi connectivity index (χ2v) is 29.5. The van der Waals surface area contributed by atoms with Gasteiger partial charge in [-0.3, -0.25) is 9.59 Å². The van der Waals surface area contributed by atoms with Crippen molar-refractivity contribution in [2.75, 3.05) is 0 Å². The molecule has 0 heterocycles. The Hall–Kier alpha value is -3.03. The fraction of sp³-hybridized carbons (Fsp3) is 0.703. The van der Waals surface area contributed by atoms with E-state index in [-0.39, 0.29) is 57.1 Å². The molecular formula is C74H116O6Ti+4. The third kappa shape index (κ3) is 15.9. The molecule has 6 nitrogen and oxygen atoms in total. The van der Waals surface area contributed by atoms with Crippen molar-refractivity contribution in [1.29, 1.82) is 0 Å². The van der Waals surface area contributed by atoms with Gasteiger partial charge in [-0.1, -0.05) is 179 Å². The zero-order valence-corrected chi connectivity index (χ0v) is 54.6. The van der Waals surface area contributed by atoms with E-state index in [2.05, 4.69) is 81.4 Å². The number of benzene rings is 2. The summed E-state index contributed by atoms with van der Waals surface area (Å²) in [5.74, 6) is 11.4. The molecule has 0 amide bonds. The number of hydrogen-bond acceptors (Lipinski definition) is 0. The average molecular weight is 1150 g/mol. The molecule has 8 aliphatic rings. The van der Waals surface area contributed by atoms with Crippen LogP contribution in [0.1, 0.15) is 235 Å². The molecule has 448 valence electrons. The van der Waals surface area contributed by atoms with Crippen LogP contribution in [0.4, 0.5) is 0 Å². The number of allylic oxidation sites excluding steroid dienone is 2. The molecule has 0 spiro atoms. The minimum Gasteiger partial charge on any atom is -0.443 e. The van der Waals surface area contributed by atoms with E-state index in [0.717, 1.165) is 96.7 Å². The molecule has 2 aromatic rings. The molecule has 16 atom stereocenters. The van der Waals surface area contributed by atoms with Crippen LogP contribution in [-0.4, -0.2) is 64.7 Å². The third-order valence-corrected chi connectivity index (χ3v) is 23.4. The summed E-state index contributed by atoms with van der Waals surface area (Å²) < 4.78 is 0. The van der Waals surface area contributed by atoms with Crippen molar-refractivity contribution in [3.05, 3.63) is 108 Å². The molecule has 6 saturated carbocycles. The summed E-state index contributed by atoms with van der Waals surface area (Å²) in [5, 5.41) is 16.6. The van der Waals surface area contributed by atoms with Crippen molar-refractivity contribution in [2.45, 2.75) is 237 Å². The number of hydrogen-bond donors (Lipinski definition) is 0.